The molecule has 2 heterocycles. The Morgan fingerprint density at radius 3 is 3.00 bits per heavy atom. The Bertz CT molecular complexity index is 462. The molecule has 0 N–H and O–H groups in total. The minimum Gasteiger partial charge on any atom is -0.460 e. The lowest BCUT2D eigenvalue weighted by Crippen LogP contribution is -1.95. The van der Waals surface area contributed by atoms with E-state index in [-0.39, 0.29) is 0 Å². The number of thioether (sulfide) groups is 1. The van der Waals surface area contributed by atoms with Crippen molar-refractivity contribution < 1.29 is 4.42 Å². The molecule has 0 bridgehead atoms. The first-order valence-corrected chi connectivity index (χ1v) is 6.16. The lowest BCUT2D eigenvalue weighted by Gasteiger charge is -2.06. The van der Waals surface area contributed by atoms with Gasteiger partial charge in [-0.1, -0.05) is 24.6 Å². The van der Waals surface area contributed by atoms with Crippen molar-refractivity contribution in [1.82, 2.24) is 9.97 Å². The largest absolute Gasteiger partial charge is 0.460 e. The van der Waals surface area contributed by atoms with Crippen LogP contribution in [0.1, 0.15) is 25.7 Å². The molecule has 0 unspecified atom stereocenters. The van der Waals surface area contributed by atoms with Gasteiger partial charge in [0.2, 0.25) is 0 Å². The van der Waals surface area contributed by atoms with Gasteiger partial charge in [-0.25, -0.2) is 9.97 Å². The van der Waals surface area contributed by atoms with E-state index in [1.807, 2.05) is 17.8 Å². The van der Waals surface area contributed by atoms with E-state index in [0.29, 0.717) is 5.25 Å². The van der Waals surface area contributed by atoms with Crippen molar-refractivity contribution in [3.8, 4) is 0 Å². The van der Waals surface area contributed by atoms with E-state index in [2.05, 4.69) is 9.97 Å². The molecule has 0 radical (unpaired) electrons. The van der Waals surface area contributed by atoms with E-state index >= 15 is 0 Å². The fraction of sp³-hybridized carbons (Fsp3) is 0.455. The number of nitrogens with zero attached hydrogens (tertiary/aromatic N) is 2. The smallest absolute Gasteiger partial charge is 0.184 e. The van der Waals surface area contributed by atoms with E-state index in [1.54, 1.807) is 12.6 Å². The van der Waals surface area contributed by atoms with Crippen LogP contribution < -0.4 is 0 Å². The monoisotopic (exact) mass is 220 g/mol. The summed E-state index contributed by atoms with van der Waals surface area (Å²) in [4.78, 5) is 8.46. The second-order valence-corrected chi connectivity index (χ2v) is 5.13. The lowest BCUT2D eigenvalue weighted by atomic mass is 10.4. The standard InChI is InChI=1S/C11H12N2OS/c1-2-4-8(3-1)15-11-10-9(5-6-14-10)12-7-13-11/h5-8H,1-4H2. The fourth-order valence-corrected chi connectivity index (χ4v) is 3.27. The van der Waals surface area contributed by atoms with Gasteiger partial charge >= 0.3 is 0 Å². The Morgan fingerprint density at radius 2 is 2.13 bits per heavy atom. The normalized spacial score (nSPS) is 17.6. The molecule has 78 valence electrons. The third-order valence-corrected chi connectivity index (χ3v) is 4.11. The molecule has 0 spiro atoms. The third kappa shape index (κ3) is 1.74. The number of fused-ring (bicyclic) bond motifs is 1. The molecule has 1 saturated carbocycles. The summed E-state index contributed by atoms with van der Waals surface area (Å²) in [6.07, 6.45) is 8.61. The van der Waals surface area contributed by atoms with Crippen LogP contribution in [0.4, 0.5) is 0 Å². The van der Waals surface area contributed by atoms with Gasteiger partial charge in [0.05, 0.1) is 6.26 Å². The number of rotatable bonds is 2. The first-order chi connectivity index (χ1) is 7.43. The topological polar surface area (TPSA) is 38.9 Å². The summed E-state index contributed by atoms with van der Waals surface area (Å²) in [7, 11) is 0. The molecular formula is C11H12N2OS. The highest BCUT2D eigenvalue weighted by atomic mass is 32.2. The first kappa shape index (κ1) is 9.21. The van der Waals surface area contributed by atoms with E-state index in [4.69, 9.17) is 4.42 Å². The van der Waals surface area contributed by atoms with Crippen molar-refractivity contribution in [3.63, 3.8) is 0 Å². The Kier molecular flexibility index (Phi) is 2.37. The molecular weight excluding hydrogens is 208 g/mol. The van der Waals surface area contributed by atoms with Crippen LogP contribution in [-0.2, 0) is 0 Å². The van der Waals surface area contributed by atoms with E-state index < -0.39 is 0 Å². The zero-order valence-corrected chi connectivity index (χ0v) is 9.17. The van der Waals surface area contributed by atoms with Crippen molar-refractivity contribution >= 4 is 22.9 Å². The molecule has 0 saturated heterocycles. The highest BCUT2D eigenvalue weighted by Gasteiger charge is 2.19. The van der Waals surface area contributed by atoms with Gasteiger partial charge in [-0.3, -0.25) is 0 Å². The maximum absolute atomic E-state index is 5.41. The first-order valence-electron chi connectivity index (χ1n) is 5.28. The van der Waals surface area contributed by atoms with Crippen molar-refractivity contribution in [3.05, 3.63) is 18.7 Å². The minimum atomic E-state index is 0.716. The number of aromatic nitrogens is 2. The summed E-state index contributed by atoms with van der Waals surface area (Å²) in [6, 6.07) is 1.88. The molecule has 3 rings (SSSR count). The molecule has 1 aliphatic rings. The van der Waals surface area contributed by atoms with Crippen molar-refractivity contribution in [2.24, 2.45) is 0 Å². The molecule has 3 nitrogen and oxygen atoms in total. The fourth-order valence-electron chi connectivity index (χ4n) is 2.01. The van der Waals surface area contributed by atoms with Gasteiger partial charge in [0.1, 0.15) is 16.9 Å². The predicted molar refractivity (Wildman–Crippen MR) is 59.9 cm³/mol. The summed E-state index contributed by atoms with van der Waals surface area (Å²) in [5.74, 6) is 0. The SMILES string of the molecule is c1nc(SC2CCCC2)c2occc2n1. The van der Waals surface area contributed by atoms with Crippen LogP contribution in [-0.4, -0.2) is 15.2 Å². The highest BCUT2D eigenvalue weighted by Crippen LogP contribution is 2.36. The number of furan rings is 1. The summed E-state index contributed by atoms with van der Waals surface area (Å²) in [5, 5.41) is 1.71. The summed E-state index contributed by atoms with van der Waals surface area (Å²) >= 11 is 1.84. The van der Waals surface area contributed by atoms with Gasteiger partial charge < -0.3 is 4.42 Å². The zero-order chi connectivity index (χ0) is 10.1. The molecule has 0 aromatic carbocycles. The lowest BCUT2D eigenvalue weighted by molar-refractivity contribution is 0.603. The van der Waals surface area contributed by atoms with Crippen LogP contribution >= 0.6 is 11.8 Å². The number of hydrogen-bond acceptors (Lipinski definition) is 4. The summed E-state index contributed by atoms with van der Waals surface area (Å²) < 4.78 is 5.41. The van der Waals surface area contributed by atoms with E-state index in [1.165, 1.54) is 25.7 Å². The van der Waals surface area contributed by atoms with Crippen LogP contribution in [0.3, 0.4) is 0 Å². The van der Waals surface area contributed by atoms with E-state index in [0.717, 1.165) is 16.1 Å². The molecule has 0 aliphatic heterocycles. The minimum absolute atomic E-state index is 0.716. The van der Waals surface area contributed by atoms with E-state index in [9.17, 15) is 0 Å². The average Bonchev–Trinajstić information content (AvgIpc) is 2.87. The Morgan fingerprint density at radius 1 is 1.27 bits per heavy atom. The molecule has 2 aromatic heterocycles. The third-order valence-electron chi connectivity index (χ3n) is 2.79. The van der Waals surface area contributed by atoms with Gasteiger partial charge in [0.25, 0.3) is 0 Å². The van der Waals surface area contributed by atoms with Crippen LogP contribution in [0.5, 0.6) is 0 Å². The summed E-state index contributed by atoms with van der Waals surface area (Å²) in [6.45, 7) is 0. The number of hydrogen-bond donors (Lipinski definition) is 0. The zero-order valence-electron chi connectivity index (χ0n) is 8.35. The molecule has 15 heavy (non-hydrogen) atoms. The van der Waals surface area contributed by atoms with Crippen molar-refractivity contribution in [2.75, 3.05) is 0 Å². The Hall–Kier alpha value is -1.03. The predicted octanol–water partition coefficient (Wildman–Crippen LogP) is 3.26. The highest BCUT2D eigenvalue weighted by molar-refractivity contribution is 8.00. The Balaban J connectivity index is 1.92. The summed E-state index contributed by atoms with van der Waals surface area (Å²) in [5.41, 5.74) is 1.75. The molecule has 0 amide bonds. The Labute approximate surface area is 92.3 Å². The van der Waals surface area contributed by atoms with Crippen molar-refractivity contribution in [1.29, 1.82) is 0 Å². The quantitative estimate of drug-likeness (QED) is 0.728. The van der Waals surface area contributed by atoms with Gasteiger partial charge in [0.15, 0.2) is 5.58 Å². The second kappa shape index (κ2) is 3.85. The molecule has 1 aliphatic carbocycles. The van der Waals surface area contributed by atoms with Gasteiger partial charge in [-0.2, -0.15) is 0 Å². The van der Waals surface area contributed by atoms with Gasteiger partial charge in [-0.05, 0) is 12.8 Å². The van der Waals surface area contributed by atoms with Crippen molar-refractivity contribution in [2.45, 2.75) is 36.0 Å². The van der Waals surface area contributed by atoms with Gasteiger partial charge in [0, 0.05) is 11.3 Å². The molecule has 1 fully saturated rings. The molecule has 4 heteroatoms. The van der Waals surface area contributed by atoms with Gasteiger partial charge in [-0.15, -0.1) is 0 Å². The van der Waals surface area contributed by atoms with Crippen LogP contribution in [0.25, 0.3) is 11.1 Å². The second-order valence-electron chi connectivity index (χ2n) is 3.84. The van der Waals surface area contributed by atoms with Crippen LogP contribution in [0.2, 0.25) is 0 Å². The molecule has 2 aromatic rings. The molecule has 0 atom stereocenters. The maximum atomic E-state index is 5.41. The van der Waals surface area contributed by atoms with Crippen LogP contribution in [0, 0.1) is 0 Å². The van der Waals surface area contributed by atoms with Crippen LogP contribution in [0.15, 0.2) is 28.1 Å². The maximum Gasteiger partial charge on any atom is 0.184 e. The average molecular weight is 220 g/mol.